The Kier molecular flexibility index (Phi) is 4.68. The molecule has 0 unspecified atom stereocenters. The molecular formula is C13H15ClINO. The van der Waals surface area contributed by atoms with Crippen molar-refractivity contribution in [2.24, 2.45) is 5.92 Å². The van der Waals surface area contributed by atoms with E-state index in [9.17, 15) is 4.79 Å². The van der Waals surface area contributed by atoms with Gasteiger partial charge in [0.1, 0.15) is 0 Å². The van der Waals surface area contributed by atoms with Gasteiger partial charge in [0.2, 0.25) is 0 Å². The van der Waals surface area contributed by atoms with Gasteiger partial charge in [-0.15, -0.1) is 0 Å². The maximum atomic E-state index is 11.8. The molecule has 0 spiro atoms. The van der Waals surface area contributed by atoms with Crippen molar-refractivity contribution in [2.75, 3.05) is 6.54 Å². The summed E-state index contributed by atoms with van der Waals surface area (Å²) in [5.41, 5.74) is 0.641. The zero-order valence-corrected chi connectivity index (χ0v) is 12.4. The summed E-state index contributed by atoms with van der Waals surface area (Å²) in [6.07, 6.45) is 5.07. The minimum Gasteiger partial charge on any atom is -0.352 e. The highest BCUT2D eigenvalue weighted by Crippen LogP contribution is 2.33. The van der Waals surface area contributed by atoms with E-state index in [1.165, 1.54) is 19.3 Å². The Hall–Kier alpha value is -0.290. The van der Waals surface area contributed by atoms with Crippen molar-refractivity contribution in [1.29, 1.82) is 0 Å². The van der Waals surface area contributed by atoms with Crippen LogP contribution in [0.4, 0.5) is 0 Å². The highest BCUT2D eigenvalue weighted by molar-refractivity contribution is 14.1. The molecule has 2 nitrogen and oxygen atoms in total. The molecule has 1 aromatic rings. The molecule has 1 saturated carbocycles. The number of carbonyl (C=O) groups is 1. The van der Waals surface area contributed by atoms with Crippen molar-refractivity contribution >= 4 is 40.1 Å². The Labute approximate surface area is 120 Å². The van der Waals surface area contributed by atoms with Gasteiger partial charge in [0.15, 0.2) is 0 Å². The molecule has 0 heterocycles. The zero-order valence-electron chi connectivity index (χ0n) is 9.51. The van der Waals surface area contributed by atoms with E-state index < -0.39 is 0 Å². The van der Waals surface area contributed by atoms with E-state index in [0.29, 0.717) is 10.6 Å². The SMILES string of the molecule is O=C(NCCCC1CC1)c1ccc(I)c(Cl)c1. The predicted octanol–water partition coefficient (Wildman–Crippen LogP) is 3.86. The molecule has 17 heavy (non-hydrogen) atoms. The van der Waals surface area contributed by atoms with Gasteiger partial charge in [0.05, 0.1) is 5.02 Å². The number of benzene rings is 1. The molecule has 0 bridgehead atoms. The van der Waals surface area contributed by atoms with Gasteiger partial charge in [-0.1, -0.05) is 24.4 Å². The van der Waals surface area contributed by atoms with E-state index in [4.69, 9.17) is 11.6 Å². The second kappa shape index (κ2) is 6.05. The lowest BCUT2D eigenvalue weighted by Crippen LogP contribution is -2.24. The molecule has 0 saturated heterocycles. The second-order valence-electron chi connectivity index (χ2n) is 4.47. The molecule has 4 heteroatoms. The minimum absolute atomic E-state index is 0.0286. The maximum absolute atomic E-state index is 11.8. The first kappa shape index (κ1) is 13.1. The summed E-state index contributed by atoms with van der Waals surface area (Å²) in [6, 6.07) is 5.39. The summed E-state index contributed by atoms with van der Waals surface area (Å²) in [5.74, 6) is 0.902. The third kappa shape index (κ3) is 4.14. The first-order valence-electron chi connectivity index (χ1n) is 5.90. The normalized spacial score (nSPS) is 14.7. The smallest absolute Gasteiger partial charge is 0.251 e. The van der Waals surface area contributed by atoms with Crippen molar-refractivity contribution < 1.29 is 4.79 Å². The van der Waals surface area contributed by atoms with Crippen molar-refractivity contribution in [3.63, 3.8) is 0 Å². The zero-order chi connectivity index (χ0) is 12.3. The largest absolute Gasteiger partial charge is 0.352 e. The van der Waals surface area contributed by atoms with Crippen LogP contribution in [0.2, 0.25) is 5.02 Å². The van der Waals surface area contributed by atoms with Crippen LogP contribution in [-0.2, 0) is 0 Å². The van der Waals surface area contributed by atoms with Gasteiger partial charge in [0.25, 0.3) is 5.91 Å². The van der Waals surface area contributed by atoms with Crippen molar-refractivity contribution in [3.8, 4) is 0 Å². The van der Waals surface area contributed by atoms with Gasteiger partial charge >= 0.3 is 0 Å². The number of hydrogen-bond donors (Lipinski definition) is 1. The molecule has 0 aromatic heterocycles. The molecule has 2 rings (SSSR count). The quantitative estimate of drug-likeness (QED) is 0.624. The molecule has 1 aliphatic rings. The third-order valence-corrected chi connectivity index (χ3v) is 4.53. The average molecular weight is 364 g/mol. The summed E-state index contributed by atoms with van der Waals surface area (Å²) in [7, 11) is 0. The number of amides is 1. The molecular weight excluding hydrogens is 349 g/mol. The molecule has 0 radical (unpaired) electrons. The summed E-state index contributed by atoms with van der Waals surface area (Å²) in [6.45, 7) is 0.763. The Morgan fingerprint density at radius 2 is 2.24 bits per heavy atom. The molecule has 1 fully saturated rings. The lowest BCUT2D eigenvalue weighted by molar-refractivity contribution is 0.0953. The average Bonchev–Trinajstić information content (AvgIpc) is 3.12. The molecule has 92 valence electrons. The fourth-order valence-corrected chi connectivity index (χ4v) is 2.25. The van der Waals surface area contributed by atoms with Gasteiger partial charge in [-0.3, -0.25) is 4.79 Å². The molecule has 1 aliphatic carbocycles. The number of halogens is 2. The van der Waals surface area contributed by atoms with E-state index in [1.54, 1.807) is 6.07 Å². The van der Waals surface area contributed by atoms with E-state index in [2.05, 4.69) is 27.9 Å². The Bertz CT molecular complexity index is 418. The predicted molar refractivity (Wildman–Crippen MR) is 78.5 cm³/mol. The van der Waals surface area contributed by atoms with Gasteiger partial charge in [-0.2, -0.15) is 0 Å². The first-order valence-corrected chi connectivity index (χ1v) is 7.36. The number of carbonyl (C=O) groups excluding carboxylic acids is 1. The Balaban J connectivity index is 1.79. The molecule has 1 N–H and O–H groups in total. The van der Waals surface area contributed by atoms with Gasteiger partial charge in [-0.25, -0.2) is 0 Å². The van der Waals surface area contributed by atoms with Crippen LogP contribution in [0.1, 0.15) is 36.0 Å². The standard InChI is InChI=1S/C13H15ClINO/c14-11-8-10(5-6-12(11)15)13(17)16-7-1-2-9-3-4-9/h5-6,8-9H,1-4,7H2,(H,16,17). The summed E-state index contributed by atoms with van der Waals surface area (Å²) in [5, 5.41) is 3.56. The number of rotatable bonds is 5. The van der Waals surface area contributed by atoms with Gasteiger partial charge in [-0.05, 0) is 59.5 Å². The lowest BCUT2D eigenvalue weighted by atomic mass is 10.2. The number of nitrogens with one attached hydrogen (secondary N) is 1. The maximum Gasteiger partial charge on any atom is 0.251 e. The van der Waals surface area contributed by atoms with Gasteiger partial charge in [0, 0.05) is 15.7 Å². The summed E-state index contributed by atoms with van der Waals surface area (Å²) < 4.78 is 0.967. The van der Waals surface area contributed by atoms with E-state index in [-0.39, 0.29) is 5.91 Å². The van der Waals surface area contributed by atoms with Crippen molar-refractivity contribution in [2.45, 2.75) is 25.7 Å². The van der Waals surface area contributed by atoms with Gasteiger partial charge < -0.3 is 5.32 Å². The monoisotopic (exact) mass is 363 g/mol. The molecule has 1 aromatic carbocycles. The minimum atomic E-state index is -0.0286. The van der Waals surface area contributed by atoms with Crippen molar-refractivity contribution in [1.82, 2.24) is 5.32 Å². The van der Waals surface area contributed by atoms with Crippen molar-refractivity contribution in [3.05, 3.63) is 32.4 Å². The number of hydrogen-bond acceptors (Lipinski definition) is 1. The molecule has 0 atom stereocenters. The van der Waals surface area contributed by atoms with Crippen LogP contribution >= 0.6 is 34.2 Å². The summed E-state index contributed by atoms with van der Waals surface area (Å²) in [4.78, 5) is 11.8. The Morgan fingerprint density at radius 1 is 1.47 bits per heavy atom. The van der Waals surface area contributed by atoms with E-state index in [0.717, 1.165) is 22.5 Å². The fourth-order valence-electron chi connectivity index (χ4n) is 1.74. The fraction of sp³-hybridized carbons (Fsp3) is 0.462. The van der Waals surface area contributed by atoms with E-state index in [1.807, 2.05) is 12.1 Å². The van der Waals surface area contributed by atoms with Crippen LogP contribution < -0.4 is 5.32 Å². The van der Waals surface area contributed by atoms with Crippen LogP contribution in [0.25, 0.3) is 0 Å². The third-order valence-electron chi connectivity index (χ3n) is 2.95. The highest BCUT2D eigenvalue weighted by atomic mass is 127. The Morgan fingerprint density at radius 3 is 2.88 bits per heavy atom. The van der Waals surface area contributed by atoms with Crippen LogP contribution in [0.15, 0.2) is 18.2 Å². The van der Waals surface area contributed by atoms with Crippen LogP contribution in [-0.4, -0.2) is 12.5 Å². The lowest BCUT2D eigenvalue weighted by Gasteiger charge is -2.05. The van der Waals surface area contributed by atoms with E-state index >= 15 is 0 Å². The first-order chi connectivity index (χ1) is 8.16. The topological polar surface area (TPSA) is 29.1 Å². The second-order valence-corrected chi connectivity index (χ2v) is 6.04. The van der Waals surface area contributed by atoms with Crippen LogP contribution in [0.3, 0.4) is 0 Å². The van der Waals surface area contributed by atoms with Crippen LogP contribution in [0.5, 0.6) is 0 Å². The molecule has 0 aliphatic heterocycles. The van der Waals surface area contributed by atoms with Crippen LogP contribution in [0, 0.1) is 9.49 Å². The molecule has 1 amide bonds. The summed E-state index contributed by atoms with van der Waals surface area (Å²) >= 11 is 8.13. The highest BCUT2D eigenvalue weighted by Gasteiger charge is 2.20.